The molecule has 0 spiro atoms. The fourth-order valence-corrected chi connectivity index (χ4v) is 1.11. The number of allylic oxidation sites excluding steroid dienone is 3. The van der Waals surface area contributed by atoms with E-state index in [0.29, 0.717) is 0 Å². The number of likely N-dealkylation sites (N-methyl/N-ethyl adjacent to an activating group) is 1. The van der Waals surface area contributed by atoms with Crippen molar-refractivity contribution in [2.75, 3.05) is 13.6 Å². The smallest absolute Gasteiger partial charge is 0.0426 e. The van der Waals surface area contributed by atoms with Gasteiger partial charge in [0.15, 0.2) is 0 Å². The highest BCUT2D eigenvalue weighted by Crippen LogP contribution is 2.14. The van der Waals surface area contributed by atoms with E-state index in [9.17, 15) is 0 Å². The molecule has 1 heterocycles. The van der Waals surface area contributed by atoms with Crippen molar-refractivity contribution in [3.05, 3.63) is 48.7 Å². The van der Waals surface area contributed by atoms with E-state index >= 15 is 0 Å². The predicted molar refractivity (Wildman–Crippen MR) is 76.5 cm³/mol. The molecule has 0 aliphatic carbocycles. The Morgan fingerprint density at radius 1 is 1.25 bits per heavy atom. The maximum absolute atomic E-state index is 3.75. The Labute approximate surface area is 102 Å². The molecule has 0 radical (unpaired) electrons. The second kappa shape index (κ2) is 11.8. The quantitative estimate of drug-likeness (QED) is 0.661. The standard InChI is InChI=1S/C10H13N.C3H8.C2H6/c1-4-9-6-7-11(3)8-10(9)5-2;1-3-2;1-2/h4-7H,1-2,8H2,3H3;3H2,1-2H3;1-2H3. The molecule has 92 valence electrons. The van der Waals surface area contributed by atoms with Gasteiger partial charge in [0.25, 0.3) is 0 Å². The Bertz CT molecular complexity index is 246. The van der Waals surface area contributed by atoms with Gasteiger partial charge in [-0.25, -0.2) is 0 Å². The lowest BCUT2D eigenvalue weighted by Gasteiger charge is -2.20. The molecular formula is C15H27N. The molecule has 0 aromatic heterocycles. The Balaban J connectivity index is 0. The summed E-state index contributed by atoms with van der Waals surface area (Å²) in [7, 11) is 2.04. The summed E-state index contributed by atoms with van der Waals surface area (Å²) >= 11 is 0. The lowest BCUT2D eigenvalue weighted by Crippen LogP contribution is -2.17. The molecule has 1 nitrogen and oxygen atoms in total. The van der Waals surface area contributed by atoms with Gasteiger partial charge in [0.05, 0.1) is 0 Å². The van der Waals surface area contributed by atoms with Crippen LogP contribution in [-0.4, -0.2) is 18.5 Å². The first-order chi connectivity index (χ1) is 7.69. The molecule has 0 aromatic rings. The lowest BCUT2D eigenvalue weighted by atomic mass is 10.1. The second-order valence-electron chi connectivity index (χ2n) is 3.33. The number of nitrogens with zero attached hydrogens (tertiary/aromatic N) is 1. The minimum atomic E-state index is 0.932. The fraction of sp³-hybridized carbons (Fsp3) is 0.467. The molecule has 1 heteroatoms. The SMILES string of the molecule is C=CC1=C(C=C)CN(C)C=C1.CC.CCC. The summed E-state index contributed by atoms with van der Waals surface area (Å²) in [6.45, 7) is 16.7. The van der Waals surface area contributed by atoms with E-state index in [2.05, 4.69) is 31.9 Å². The molecule has 1 rings (SSSR count). The Kier molecular flexibility index (Phi) is 12.7. The van der Waals surface area contributed by atoms with E-state index in [1.54, 1.807) is 0 Å². The summed E-state index contributed by atoms with van der Waals surface area (Å²) in [6.07, 6.45) is 9.09. The molecule has 0 N–H and O–H groups in total. The Morgan fingerprint density at radius 2 is 1.75 bits per heavy atom. The highest BCUT2D eigenvalue weighted by Gasteiger charge is 2.04. The minimum absolute atomic E-state index is 0.932. The van der Waals surface area contributed by atoms with Gasteiger partial charge in [0, 0.05) is 13.6 Å². The average Bonchev–Trinajstić information content (AvgIpc) is 2.32. The predicted octanol–water partition coefficient (Wildman–Crippen LogP) is 4.56. The van der Waals surface area contributed by atoms with Crippen LogP contribution in [0.5, 0.6) is 0 Å². The van der Waals surface area contributed by atoms with E-state index in [1.807, 2.05) is 45.3 Å². The van der Waals surface area contributed by atoms with Gasteiger partial charge in [-0.1, -0.05) is 59.4 Å². The highest BCUT2D eigenvalue weighted by molar-refractivity contribution is 5.42. The summed E-state index contributed by atoms with van der Waals surface area (Å²) in [5.41, 5.74) is 2.42. The molecule has 0 aromatic carbocycles. The van der Waals surface area contributed by atoms with E-state index in [4.69, 9.17) is 0 Å². The maximum atomic E-state index is 3.75. The maximum Gasteiger partial charge on any atom is 0.0426 e. The number of hydrogen-bond acceptors (Lipinski definition) is 1. The molecule has 0 bridgehead atoms. The van der Waals surface area contributed by atoms with E-state index in [0.717, 1.165) is 6.54 Å². The van der Waals surface area contributed by atoms with Crippen molar-refractivity contribution in [2.45, 2.75) is 34.1 Å². The van der Waals surface area contributed by atoms with Gasteiger partial charge in [0.2, 0.25) is 0 Å². The highest BCUT2D eigenvalue weighted by atomic mass is 15.1. The van der Waals surface area contributed by atoms with Gasteiger partial charge in [-0.05, 0) is 23.4 Å². The van der Waals surface area contributed by atoms with Gasteiger partial charge < -0.3 is 4.90 Å². The summed E-state index contributed by atoms with van der Waals surface area (Å²) in [5, 5.41) is 0. The van der Waals surface area contributed by atoms with Gasteiger partial charge in [0.1, 0.15) is 0 Å². The third-order valence-corrected chi connectivity index (χ3v) is 1.77. The molecule has 16 heavy (non-hydrogen) atoms. The summed E-state index contributed by atoms with van der Waals surface area (Å²) in [6, 6.07) is 0. The number of rotatable bonds is 2. The largest absolute Gasteiger partial charge is 0.376 e. The third-order valence-electron chi connectivity index (χ3n) is 1.77. The Morgan fingerprint density at radius 3 is 2.12 bits per heavy atom. The monoisotopic (exact) mass is 221 g/mol. The zero-order chi connectivity index (χ0) is 13.0. The van der Waals surface area contributed by atoms with Crippen molar-refractivity contribution in [1.82, 2.24) is 4.90 Å². The van der Waals surface area contributed by atoms with E-state index in [-0.39, 0.29) is 0 Å². The van der Waals surface area contributed by atoms with Gasteiger partial charge in [-0.15, -0.1) is 0 Å². The van der Waals surface area contributed by atoms with Gasteiger partial charge >= 0.3 is 0 Å². The van der Waals surface area contributed by atoms with Crippen LogP contribution in [0.1, 0.15) is 34.1 Å². The van der Waals surface area contributed by atoms with Crippen LogP contribution in [0.2, 0.25) is 0 Å². The minimum Gasteiger partial charge on any atom is -0.376 e. The van der Waals surface area contributed by atoms with Crippen LogP contribution >= 0.6 is 0 Å². The molecule has 0 atom stereocenters. The zero-order valence-electron chi connectivity index (χ0n) is 11.6. The van der Waals surface area contributed by atoms with Crippen molar-refractivity contribution >= 4 is 0 Å². The van der Waals surface area contributed by atoms with Crippen molar-refractivity contribution in [3.8, 4) is 0 Å². The van der Waals surface area contributed by atoms with Crippen LogP contribution in [0.3, 0.4) is 0 Å². The topological polar surface area (TPSA) is 3.24 Å². The summed E-state index contributed by atoms with van der Waals surface area (Å²) < 4.78 is 0. The first kappa shape index (κ1) is 17.2. The first-order valence-corrected chi connectivity index (χ1v) is 6.06. The fourth-order valence-electron chi connectivity index (χ4n) is 1.11. The van der Waals surface area contributed by atoms with Gasteiger partial charge in [-0.2, -0.15) is 0 Å². The van der Waals surface area contributed by atoms with Crippen LogP contribution in [-0.2, 0) is 0 Å². The summed E-state index contributed by atoms with van der Waals surface area (Å²) in [5.74, 6) is 0. The van der Waals surface area contributed by atoms with Crippen molar-refractivity contribution in [1.29, 1.82) is 0 Å². The molecule has 1 aliphatic rings. The molecule has 0 saturated heterocycles. The summed E-state index contributed by atoms with van der Waals surface area (Å²) in [4.78, 5) is 2.12. The van der Waals surface area contributed by atoms with E-state index < -0.39 is 0 Å². The average molecular weight is 221 g/mol. The molecule has 1 aliphatic heterocycles. The van der Waals surface area contributed by atoms with Crippen LogP contribution in [0.25, 0.3) is 0 Å². The molecule has 0 amide bonds. The zero-order valence-corrected chi connectivity index (χ0v) is 11.6. The molecule has 0 unspecified atom stereocenters. The van der Waals surface area contributed by atoms with Gasteiger partial charge in [-0.3, -0.25) is 0 Å². The third kappa shape index (κ3) is 7.10. The van der Waals surface area contributed by atoms with Crippen molar-refractivity contribution < 1.29 is 0 Å². The van der Waals surface area contributed by atoms with Crippen LogP contribution < -0.4 is 0 Å². The first-order valence-electron chi connectivity index (χ1n) is 6.06. The Hall–Kier alpha value is -1.24. The van der Waals surface area contributed by atoms with Crippen LogP contribution in [0.15, 0.2) is 48.7 Å². The van der Waals surface area contributed by atoms with Crippen molar-refractivity contribution in [3.63, 3.8) is 0 Å². The number of hydrogen-bond donors (Lipinski definition) is 0. The van der Waals surface area contributed by atoms with Crippen LogP contribution in [0.4, 0.5) is 0 Å². The van der Waals surface area contributed by atoms with E-state index in [1.165, 1.54) is 17.6 Å². The van der Waals surface area contributed by atoms with Crippen LogP contribution in [0, 0.1) is 0 Å². The van der Waals surface area contributed by atoms with Crippen molar-refractivity contribution in [2.24, 2.45) is 0 Å². The normalized spacial score (nSPS) is 13.2. The molecular weight excluding hydrogens is 194 g/mol. The second-order valence-corrected chi connectivity index (χ2v) is 3.33. The molecule has 0 saturated carbocycles. The lowest BCUT2D eigenvalue weighted by molar-refractivity contribution is 0.493. The molecule has 0 fully saturated rings.